The third kappa shape index (κ3) is 1.42. The van der Waals surface area contributed by atoms with E-state index < -0.39 is 0 Å². The number of hydrogen-bond donors (Lipinski definition) is 0. The maximum atomic E-state index is 3.79. The summed E-state index contributed by atoms with van der Waals surface area (Å²) in [6.45, 7) is 10.3. The number of hydrogen-bond acceptors (Lipinski definition) is 0. The Morgan fingerprint density at radius 1 is 1.25 bits per heavy atom. The van der Waals surface area contributed by atoms with Crippen molar-refractivity contribution in [1.82, 2.24) is 0 Å². The normalized spacial score (nSPS) is 9.92. The molecule has 0 spiro atoms. The minimum Gasteiger partial charge on any atom is -0.0985 e. The average Bonchev–Trinajstić information content (AvgIpc) is 2.10. The second-order valence-electron chi connectivity index (χ2n) is 3.12. The van der Waals surface area contributed by atoms with Gasteiger partial charge in [-0.25, -0.2) is 0 Å². The quantitative estimate of drug-likeness (QED) is 0.621. The monoisotopic (exact) mass is 160 g/mol. The van der Waals surface area contributed by atoms with Crippen LogP contribution in [0.5, 0.6) is 0 Å². The van der Waals surface area contributed by atoms with Crippen LogP contribution in [0.1, 0.15) is 29.2 Å². The van der Waals surface area contributed by atoms with Crippen molar-refractivity contribution in [2.75, 3.05) is 0 Å². The van der Waals surface area contributed by atoms with E-state index in [1.807, 2.05) is 6.08 Å². The van der Waals surface area contributed by atoms with Gasteiger partial charge in [0, 0.05) is 0 Å². The van der Waals surface area contributed by atoms with E-state index in [-0.39, 0.29) is 0 Å². The van der Waals surface area contributed by atoms with Gasteiger partial charge in [0.2, 0.25) is 0 Å². The summed E-state index contributed by atoms with van der Waals surface area (Å²) >= 11 is 0. The zero-order valence-corrected chi connectivity index (χ0v) is 8.15. The Kier molecular flexibility index (Phi) is 2.69. The van der Waals surface area contributed by atoms with Crippen molar-refractivity contribution < 1.29 is 0 Å². The fourth-order valence-electron chi connectivity index (χ4n) is 1.50. The predicted octanol–water partition coefficient (Wildman–Crippen LogP) is 3.51. The molecule has 0 aliphatic rings. The van der Waals surface area contributed by atoms with Gasteiger partial charge in [-0.2, -0.15) is 0 Å². The molecule has 0 saturated carbocycles. The molecule has 12 heavy (non-hydrogen) atoms. The molecule has 0 unspecified atom stereocenters. The summed E-state index contributed by atoms with van der Waals surface area (Å²) < 4.78 is 0. The van der Waals surface area contributed by atoms with E-state index in [1.165, 1.54) is 22.3 Å². The highest BCUT2D eigenvalue weighted by Gasteiger charge is 2.01. The van der Waals surface area contributed by atoms with Crippen LogP contribution >= 0.6 is 0 Å². The molecule has 0 aromatic heterocycles. The molecule has 0 heteroatoms. The zero-order chi connectivity index (χ0) is 9.14. The van der Waals surface area contributed by atoms with Gasteiger partial charge < -0.3 is 0 Å². The van der Waals surface area contributed by atoms with Crippen LogP contribution in [0.15, 0.2) is 18.7 Å². The molecule has 0 N–H and O–H groups in total. The van der Waals surface area contributed by atoms with Crippen molar-refractivity contribution in [3.05, 3.63) is 41.0 Å². The molecule has 1 rings (SSSR count). The van der Waals surface area contributed by atoms with E-state index >= 15 is 0 Å². The molecule has 1 aromatic rings. The van der Waals surface area contributed by atoms with Crippen molar-refractivity contribution in [3.8, 4) is 0 Å². The van der Waals surface area contributed by atoms with Gasteiger partial charge in [0.05, 0.1) is 0 Å². The summed E-state index contributed by atoms with van der Waals surface area (Å²) in [4.78, 5) is 0. The lowest BCUT2D eigenvalue weighted by Gasteiger charge is -2.09. The lowest BCUT2D eigenvalue weighted by Crippen LogP contribution is -1.92. The Morgan fingerprint density at radius 3 is 2.42 bits per heavy atom. The highest BCUT2D eigenvalue weighted by Crippen LogP contribution is 2.18. The first-order valence-electron chi connectivity index (χ1n) is 4.42. The van der Waals surface area contributed by atoms with Crippen LogP contribution in [0, 0.1) is 13.8 Å². The number of benzene rings is 1. The zero-order valence-electron chi connectivity index (χ0n) is 8.15. The van der Waals surface area contributed by atoms with Gasteiger partial charge in [-0.1, -0.05) is 31.7 Å². The van der Waals surface area contributed by atoms with Crippen molar-refractivity contribution in [2.45, 2.75) is 27.2 Å². The summed E-state index contributed by atoms with van der Waals surface area (Å²) in [6.07, 6.45) is 3.03. The van der Waals surface area contributed by atoms with E-state index in [9.17, 15) is 0 Å². The molecule has 0 aliphatic heterocycles. The smallest absolute Gasteiger partial charge is 0.0230 e. The molecule has 0 radical (unpaired) electrons. The first-order chi connectivity index (χ1) is 5.70. The third-order valence-corrected chi connectivity index (χ3v) is 2.54. The fourth-order valence-corrected chi connectivity index (χ4v) is 1.50. The van der Waals surface area contributed by atoms with Crippen molar-refractivity contribution in [1.29, 1.82) is 0 Å². The molecule has 1 aromatic carbocycles. The van der Waals surface area contributed by atoms with Crippen molar-refractivity contribution in [2.24, 2.45) is 0 Å². The average molecular weight is 160 g/mol. The van der Waals surface area contributed by atoms with Gasteiger partial charge in [-0.15, -0.1) is 0 Å². The van der Waals surface area contributed by atoms with Crippen LogP contribution in [0.25, 0.3) is 6.08 Å². The van der Waals surface area contributed by atoms with Crippen molar-refractivity contribution in [3.63, 3.8) is 0 Å². The molecule has 64 valence electrons. The van der Waals surface area contributed by atoms with Gasteiger partial charge in [0.15, 0.2) is 0 Å². The molecule has 0 bridgehead atoms. The van der Waals surface area contributed by atoms with Gasteiger partial charge in [-0.05, 0) is 42.5 Å². The molecule has 0 aliphatic carbocycles. The number of rotatable bonds is 2. The van der Waals surface area contributed by atoms with Crippen LogP contribution in [0.2, 0.25) is 0 Å². The maximum absolute atomic E-state index is 3.79. The Bertz CT molecular complexity index is 295. The van der Waals surface area contributed by atoms with Gasteiger partial charge in [0.25, 0.3) is 0 Å². The highest BCUT2D eigenvalue weighted by molar-refractivity contribution is 5.55. The molecule has 0 saturated heterocycles. The third-order valence-electron chi connectivity index (χ3n) is 2.54. The largest absolute Gasteiger partial charge is 0.0985 e. The lowest BCUT2D eigenvalue weighted by molar-refractivity contribution is 1.09. The minimum absolute atomic E-state index is 1.12. The van der Waals surface area contributed by atoms with Crippen LogP contribution in [0.3, 0.4) is 0 Å². The molecule has 0 atom stereocenters. The van der Waals surface area contributed by atoms with Crippen LogP contribution in [0.4, 0.5) is 0 Å². The Labute approximate surface area is 74.9 Å². The maximum Gasteiger partial charge on any atom is -0.0230 e. The Morgan fingerprint density at radius 2 is 1.92 bits per heavy atom. The summed E-state index contributed by atoms with van der Waals surface area (Å²) in [5.74, 6) is 0. The first kappa shape index (κ1) is 9.05. The van der Waals surface area contributed by atoms with Crippen LogP contribution in [-0.2, 0) is 6.42 Å². The summed E-state index contributed by atoms with van der Waals surface area (Å²) in [7, 11) is 0. The van der Waals surface area contributed by atoms with E-state index in [1.54, 1.807) is 0 Å². The highest BCUT2D eigenvalue weighted by atomic mass is 14.1. The molecule has 0 fully saturated rings. The second kappa shape index (κ2) is 3.57. The predicted molar refractivity (Wildman–Crippen MR) is 55.4 cm³/mol. The fraction of sp³-hybridized carbons (Fsp3) is 0.333. The number of aryl methyl sites for hydroxylation is 1. The molecule has 0 amide bonds. The summed E-state index contributed by atoms with van der Waals surface area (Å²) in [6, 6.07) is 4.34. The first-order valence-corrected chi connectivity index (χ1v) is 4.42. The summed E-state index contributed by atoms with van der Waals surface area (Å²) in [5.41, 5.74) is 5.47. The molecule has 0 heterocycles. The standard InChI is InChI=1S/C12H16/c1-5-11-7-8-12(6-2)10(4)9(11)3/h5,7-8H,1,6H2,2-4H3. The van der Waals surface area contributed by atoms with E-state index in [2.05, 4.69) is 39.5 Å². The van der Waals surface area contributed by atoms with Gasteiger partial charge >= 0.3 is 0 Å². The van der Waals surface area contributed by atoms with Crippen LogP contribution in [-0.4, -0.2) is 0 Å². The summed E-state index contributed by atoms with van der Waals surface area (Å²) in [5, 5.41) is 0. The Hall–Kier alpha value is -1.04. The molecular weight excluding hydrogens is 144 g/mol. The van der Waals surface area contributed by atoms with Gasteiger partial charge in [-0.3, -0.25) is 0 Å². The second-order valence-corrected chi connectivity index (χ2v) is 3.12. The SMILES string of the molecule is C=Cc1ccc(CC)c(C)c1C. The topological polar surface area (TPSA) is 0 Å². The van der Waals surface area contributed by atoms with E-state index in [0.717, 1.165) is 6.42 Å². The Balaban J connectivity index is 3.29. The lowest BCUT2D eigenvalue weighted by atomic mass is 9.97. The minimum atomic E-state index is 1.12. The van der Waals surface area contributed by atoms with E-state index in [4.69, 9.17) is 0 Å². The molecule has 0 nitrogen and oxygen atoms in total. The van der Waals surface area contributed by atoms with Crippen molar-refractivity contribution >= 4 is 6.08 Å². The van der Waals surface area contributed by atoms with Gasteiger partial charge in [0.1, 0.15) is 0 Å². The van der Waals surface area contributed by atoms with E-state index in [0.29, 0.717) is 0 Å². The molecular formula is C12H16. The van der Waals surface area contributed by atoms with Crippen LogP contribution < -0.4 is 0 Å².